The maximum absolute atomic E-state index is 12.8. The Bertz CT molecular complexity index is 875. The molecule has 0 saturated heterocycles. The zero-order chi connectivity index (χ0) is 20.1. The summed E-state index contributed by atoms with van der Waals surface area (Å²) < 4.78 is 5.80. The average molecular weight is 383 g/mol. The van der Waals surface area contributed by atoms with E-state index >= 15 is 0 Å². The van der Waals surface area contributed by atoms with Crippen molar-refractivity contribution in [2.75, 3.05) is 13.1 Å². The minimum Gasteiger partial charge on any atom is -0.455 e. The van der Waals surface area contributed by atoms with E-state index in [2.05, 4.69) is 47.9 Å². The topological polar surface area (TPSA) is 74.2 Å². The number of aromatic nitrogens is 2. The molecule has 6 nitrogen and oxygen atoms in total. The third kappa shape index (κ3) is 4.81. The van der Waals surface area contributed by atoms with Crippen molar-refractivity contribution < 1.29 is 9.21 Å². The fourth-order valence-electron chi connectivity index (χ4n) is 3.33. The molecule has 1 aromatic carbocycles. The lowest BCUT2D eigenvalue weighted by molar-refractivity contribution is 0.0898. The van der Waals surface area contributed by atoms with Crippen molar-refractivity contribution in [1.82, 2.24) is 20.2 Å². The molecule has 3 aromatic rings. The molecule has 0 radical (unpaired) electrons. The number of carbonyl (C=O) groups is 1. The van der Waals surface area contributed by atoms with Gasteiger partial charge < -0.3 is 14.7 Å². The van der Waals surface area contributed by atoms with Crippen LogP contribution in [0.25, 0.3) is 11.0 Å². The van der Waals surface area contributed by atoms with E-state index in [-0.39, 0.29) is 11.9 Å². The van der Waals surface area contributed by atoms with Crippen molar-refractivity contribution in [3.63, 3.8) is 0 Å². The molecule has 1 amide bonds. The van der Waals surface area contributed by atoms with Gasteiger partial charge in [0.1, 0.15) is 11.6 Å². The van der Waals surface area contributed by atoms with Gasteiger partial charge >= 0.3 is 0 Å². The highest BCUT2D eigenvalue weighted by Crippen LogP contribution is 2.23. The molecule has 2 aromatic heterocycles. The zero-order valence-electron chi connectivity index (χ0n) is 17.2. The number of amides is 1. The first-order chi connectivity index (χ1) is 13.5. The number of para-hydroxylation sites is 2. The highest BCUT2D eigenvalue weighted by atomic mass is 16.4. The highest BCUT2D eigenvalue weighted by Gasteiger charge is 2.22. The Kier molecular flexibility index (Phi) is 6.52. The molecule has 28 heavy (non-hydrogen) atoms. The Morgan fingerprint density at radius 1 is 1.18 bits per heavy atom. The zero-order valence-corrected chi connectivity index (χ0v) is 17.2. The van der Waals surface area contributed by atoms with Gasteiger partial charge in [0.25, 0.3) is 5.91 Å². The first kappa shape index (κ1) is 20.1. The lowest BCUT2D eigenvalue weighted by Gasteiger charge is -2.18. The molecule has 0 aliphatic heterocycles. The molecular weight excluding hydrogens is 352 g/mol. The molecule has 0 unspecified atom stereocenters. The fourth-order valence-corrected chi connectivity index (χ4v) is 3.33. The number of rotatable bonds is 9. The summed E-state index contributed by atoms with van der Waals surface area (Å²) in [5.74, 6) is 2.12. The Morgan fingerprint density at radius 3 is 2.61 bits per heavy atom. The monoisotopic (exact) mass is 382 g/mol. The molecule has 0 fully saturated rings. The van der Waals surface area contributed by atoms with E-state index < -0.39 is 0 Å². The second-order valence-electron chi connectivity index (χ2n) is 7.52. The summed E-state index contributed by atoms with van der Waals surface area (Å²) in [7, 11) is 0. The SMILES string of the molecule is CCN(CC)Cc1ccc(C(=O)N[C@@H](CC(C)C)c2nc3ccccc3[nH]2)o1. The second-order valence-corrected chi connectivity index (χ2v) is 7.52. The number of nitrogens with one attached hydrogen (secondary N) is 2. The lowest BCUT2D eigenvalue weighted by atomic mass is 10.0. The number of carbonyl (C=O) groups excluding carboxylic acids is 1. The van der Waals surface area contributed by atoms with Crippen LogP contribution in [0.5, 0.6) is 0 Å². The van der Waals surface area contributed by atoms with Crippen molar-refractivity contribution in [1.29, 1.82) is 0 Å². The standard InChI is InChI=1S/C22H30N4O2/c1-5-26(6-2)14-16-11-12-20(28-16)22(27)25-19(13-15(3)4)21-23-17-9-7-8-10-18(17)24-21/h7-12,15,19H,5-6,13-14H2,1-4H3,(H,23,24)(H,25,27)/t19-/m0/s1. The number of aromatic amines is 1. The van der Waals surface area contributed by atoms with Gasteiger partial charge in [-0.05, 0) is 49.7 Å². The molecule has 0 spiro atoms. The van der Waals surface area contributed by atoms with Gasteiger partial charge in [0.15, 0.2) is 5.76 Å². The summed E-state index contributed by atoms with van der Waals surface area (Å²) >= 11 is 0. The molecule has 2 heterocycles. The van der Waals surface area contributed by atoms with Crippen LogP contribution in [0.15, 0.2) is 40.8 Å². The van der Waals surface area contributed by atoms with Gasteiger partial charge in [-0.15, -0.1) is 0 Å². The van der Waals surface area contributed by atoms with Crippen LogP contribution >= 0.6 is 0 Å². The molecule has 0 aliphatic rings. The minimum absolute atomic E-state index is 0.198. The van der Waals surface area contributed by atoms with Crippen LogP contribution in [0.2, 0.25) is 0 Å². The average Bonchev–Trinajstić information content (AvgIpc) is 3.32. The third-order valence-electron chi connectivity index (χ3n) is 4.91. The Balaban J connectivity index is 1.75. The summed E-state index contributed by atoms with van der Waals surface area (Å²) in [5.41, 5.74) is 1.88. The number of fused-ring (bicyclic) bond motifs is 1. The van der Waals surface area contributed by atoms with Gasteiger partial charge in [-0.2, -0.15) is 0 Å². The summed E-state index contributed by atoms with van der Waals surface area (Å²) in [6.07, 6.45) is 0.790. The van der Waals surface area contributed by atoms with Crippen LogP contribution in [-0.2, 0) is 6.54 Å². The molecule has 1 atom stereocenters. The summed E-state index contributed by atoms with van der Waals surface area (Å²) in [6, 6.07) is 11.3. The molecule has 0 saturated carbocycles. The van der Waals surface area contributed by atoms with Crippen molar-refractivity contribution in [3.8, 4) is 0 Å². The number of furan rings is 1. The summed E-state index contributed by atoms with van der Waals surface area (Å²) in [6.45, 7) is 11.1. The van der Waals surface area contributed by atoms with Crippen LogP contribution in [0.1, 0.15) is 62.3 Å². The lowest BCUT2D eigenvalue weighted by Crippen LogP contribution is -2.30. The maximum Gasteiger partial charge on any atom is 0.287 e. The highest BCUT2D eigenvalue weighted by molar-refractivity contribution is 5.91. The molecule has 0 aliphatic carbocycles. The van der Waals surface area contributed by atoms with Crippen molar-refractivity contribution in [2.45, 2.75) is 46.7 Å². The second kappa shape index (κ2) is 9.06. The van der Waals surface area contributed by atoms with Crippen molar-refractivity contribution in [2.24, 2.45) is 5.92 Å². The Morgan fingerprint density at radius 2 is 1.93 bits per heavy atom. The summed E-state index contributed by atoms with van der Waals surface area (Å²) in [4.78, 5) is 23.1. The van der Waals surface area contributed by atoms with Crippen molar-refractivity contribution in [3.05, 3.63) is 53.7 Å². The first-order valence-electron chi connectivity index (χ1n) is 10.1. The molecule has 2 N–H and O–H groups in total. The van der Waals surface area contributed by atoms with E-state index in [1.165, 1.54) is 0 Å². The smallest absolute Gasteiger partial charge is 0.287 e. The Labute approximate surface area is 166 Å². The van der Waals surface area contributed by atoms with E-state index in [1.54, 1.807) is 6.07 Å². The van der Waals surface area contributed by atoms with Gasteiger partial charge in [0.05, 0.1) is 23.6 Å². The molecule has 0 bridgehead atoms. The van der Waals surface area contributed by atoms with Gasteiger partial charge in [0, 0.05) is 0 Å². The van der Waals surface area contributed by atoms with Gasteiger partial charge in [-0.3, -0.25) is 9.69 Å². The first-order valence-corrected chi connectivity index (χ1v) is 10.1. The number of H-pyrrole nitrogens is 1. The number of hydrogen-bond acceptors (Lipinski definition) is 4. The van der Waals surface area contributed by atoms with E-state index in [4.69, 9.17) is 4.42 Å². The van der Waals surface area contributed by atoms with Gasteiger partial charge in [-0.1, -0.05) is 39.8 Å². The molecule has 6 heteroatoms. The molecular formula is C22H30N4O2. The Hall–Kier alpha value is -2.60. The third-order valence-corrected chi connectivity index (χ3v) is 4.91. The summed E-state index contributed by atoms with van der Waals surface area (Å²) in [5, 5.41) is 3.10. The number of hydrogen-bond donors (Lipinski definition) is 2. The quantitative estimate of drug-likeness (QED) is 0.571. The predicted octanol–water partition coefficient (Wildman–Crippen LogP) is 4.51. The minimum atomic E-state index is -0.211. The van der Waals surface area contributed by atoms with Crippen LogP contribution in [0.3, 0.4) is 0 Å². The molecule has 3 rings (SSSR count). The predicted molar refractivity (Wildman–Crippen MR) is 111 cm³/mol. The van der Waals surface area contributed by atoms with Crippen LogP contribution < -0.4 is 5.32 Å². The van der Waals surface area contributed by atoms with E-state index in [0.717, 1.165) is 42.1 Å². The van der Waals surface area contributed by atoms with Crippen LogP contribution in [0.4, 0.5) is 0 Å². The van der Waals surface area contributed by atoms with E-state index in [0.29, 0.717) is 18.2 Å². The molecule has 150 valence electrons. The van der Waals surface area contributed by atoms with Crippen molar-refractivity contribution >= 4 is 16.9 Å². The van der Waals surface area contributed by atoms with E-state index in [1.807, 2.05) is 30.3 Å². The fraction of sp³-hybridized carbons (Fsp3) is 0.455. The van der Waals surface area contributed by atoms with E-state index in [9.17, 15) is 4.79 Å². The van der Waals surface area contributed by atoms with Crippen LogP contribution in [0, 0.1) is 5.92 Å². The number of nitrogens with zero attached hydrogens (tertiary/aromatic N) is 2. The number of imidazole rings is 1. The van der Waals surface area contributed by atoms with Crippen LogP contribution in [-0.4, -0.2) is 33.9 Å². The maximum atomic E-state index is 12.8. The van der Waals surface area contributed by atoms with Gasteiger partial charge in [-0.25, -0.2) is 4.98 Å². The normalized spacial score (nSPS) is 12.8. The van der Waals surface area contributed by atoms with Gasteiger partial charge in [0.2, 0.25) is 0 Å². The number of benzene rings is 1. The largest absolute Gasteiger partial charge is 0.455 e.